The van der Waals surface area contributed by atoms with E-state index in [9.17, 15) is 18.4 Å². The van der Waals surface area contributed by atoms with E-state index in [-0.39, 0.29) is 27.1 Å². The minimum atomic E-state index is -2.64. The molecule has 2 atom stereocenters. The van der Waals surface area contributed by atoms with E-state index in [0.717, 1.165) is 40.8 Å². The van der Waals surface area contributed by atoms with Crippen molar-refractivity contribution in [1.82, 2.24) is 19.8 Å². The number of likely N-dealkylation sites (tertiary alicyclic amines) is 1. The third kappa shape index (κ3) is 6.13. The molecule has 2 amide bonds. The summed E-state index contributed by atoms with van der Waals surface area (Å²) >= 11 is 0.746. The van der Waals surface area contributed by atoms with Crippen molar-refractivity contribution in [2.24, 2.45) is 10.4 Å². The van der Waals surface area contributed by atoms with Crippen molar-refractivity contribution < 1.29 is 18.4 Å². The van der Waals surface area contributed by atoms with Crippen LogP contribution in [0.25, 0.3) is 11.0 Å². The lowest BCUT2D eigenvalue weighted by atomic mass is 9.88. The second-order valence-corrected chi connectivity index (χ2v) is 11.9. The first-order valence-corrected chi connectivity index (χ1v) is 13.6. The standard InChI is InChI=1S/C28H35F2N5O2S/c1-6-24(36)34-13-7-8-19(34)16-35-21-10-9-18(15-31-17(2)28(3,4)5)14-20(21)32-27(35)33-26(37)23-12-11-22(38-23)25(29)30/h6,9-12,14,17,19,25,31H,1,7-8,13,15-16H2,2-5H3,(H,32,33,37). The lowest BCUT2D eigenvalue weighted by molar-refractivity contribution is -0.127. The van der Waals surface area contributed by atoms with Crippen LogP contribution in [0.4, 0.5) is 8.78 Å². The summed E-state index contributed by atoms with van der Waals surface area (Å²) in [6.45, 7) is 14.1. The molecule has 1 aromatic carbocycles. The van der Waals surface area contributed by atoms with Crippen LogP contribution in [0.2, 0.25) is 0 Å². The number of carbonyl (C=O) groups is 2. The molecule has 0 aliphatic carbocycles. The van der Waals surface area contributed by atoms with Gasteiger partial charge in [0.15, 0.2) is 0 Å². The molecule has 1 saturated heterocycles. The Labute approximate surface area is 225 Å². The van der Waals surface area contributed by atoms with Crippen LogP contribution < -0.4 is 10.9 Å². The number of rotatable bonds is 8. The summed E-state index contributed by atoms with van der Waals surface area (Å²) in [5.74, 6) is -0.713. The minimum absolute atomic E-state index is 0.0743. The number of hydrogen-bond donors (Lipinski definition) is 2. The van der Waals surface area contributed by atoms with Gasteiger partial charge >= 0.3 is 0 Å². The summed E-state index contributed by atoms with van der Waals surface area (Å²) in [5.41, 5.74) is 3.17. The van der Waals surface area contributed by atoms with Gasteiger partial charge in [-0.15, -0.1) is 11.3 Å². The van der Waals surface area contributed by atoms with Crippen molar-refractivity contribution in [3.63, 3.8) is 0 Å². The molecule has 4 rings (SSSR count). The van der Waals surface area contributed by atoms with E-state index in [1.54, 1.807) is 4.90 Å². The summed E-state index contributed by atoms with van der Waals surface area (Å²) in [7, 11) is 0. The van der Waals surface area contributed by atoms with Crippen LogP contribution >= 0.6 is 11.3 Å². The van der Waals surface area contributed by atoms with Gasteiger partial charge in [0.1, 0.15) is 0 Å². The van der Waals surface area contributed by atoms with Gasteiger partial charge < -0.3 is 19.8 Å². The molecule has 3 heterocycles. The molecule has 2 N–H and O–H groups in total. The maximum atomic E-state index is 13.1. The average molecular weight is 544 g/mol. The number of aromatic nitrogens is 2. The molecule has 0 saturated carbocycles. The maximum Gasteiger partial charge on any atom is 0.290 e. The quantitative estimate of drug-likeness (QED) is 0.373. The SMILES string of the molecule is C=CC(=O)N1CCCC1Cn1c(=NC(=O)c2ccc(C(F)F)s2)[nH]c2cc(CNC(C)C(C)(C)C)ccc21. The van der Waals surface area contributed by atoms with E-state index < -0.39 is 12.3 Å². The number of benzene rings is 1. The molecule has 10 heteroatoms. The normalized spacial score (nSPS) is 17.5. The van der Waals surface area contributed by atoms with E-state index in [0.29, 0.717) is 31.3 Å². The van der Waals surface area contributed by atoms with E-state index in [1.807, 2.05) is 22.8 Å². The average Bonchev–Trinajstić information content (AvgIpc) is 3.61. The lowest BCUT2D eigenvalue weighted by Gasteiger charge is -2.28. The van der Waals surface area contributed by atoms with E-state index >= 15 is 0 Å². The summed E-state index contributed by atoms with van der Waals surface area (Å²) < 4.78 is 28.0. The van der Waals surface area contributed by atoms with Gasteiger partial charge in [-0.2, -0.15) is 4.99 Å². The smallest absolute Gasteiger partial charge is 0.290 e. The number of nitrogens with zero attached hydrogens (tertiary/aromatic N) is 3. The fourth-order valence-corrected chi connectivity index (χ4v) is 5.31. The molecule has 1 aliphatic heterocycles. The number of H-pyrrole nitrogens is 1. The summed E-state index contributed by atoms with van der Waals surface area (Å²) in [5, 5.41) is 3.56. The lowest BCUT2D eigenvalue weighted by Crippen LogP contribution is -2.39. The molecule has 0 spiro atoms. The number of alkyl halides is 2. The molecule has 204 valence electrons. The van der Waals surface area contributed by atoms with Crippen molar-refractivity contribution in [2.45, 2.75) is 72.1 Å². The highest BCUT2D eigenvalue weighted by molar-refractivity contribution is 7.14. The first-order valence-electron chi connectivity index (χ1n) is 12.8. The van der Waals surface area contributed by atoms with E-state index in [1.165, 1.54) is 18.2 Å². The molecule has 2 unspecified atom stereocenters. The third-order valence-corrected chi connectivity index (χ3v) is 8.33. The van der Waals surface area contributed by atoms with Gasteiger partial charge in [0.25, 0.3) is 12.3 Å². The largest absolute Gasteiger partial charge is 0.334 e. The van der Waals surface area contributed by atoms with E-state index in [2.05, 4.69) is 49.6 Å². The Morgan fingerprint density at radius 2 is 2.05 bits per heavy atom. The zero-order valence-corrected chi connectivity index (χ0v) is 23.1. The highest BCUT2D eigenvalue weighted by atomic mass is 32.1. The van der Waals surface area contributed by atoms with E-state index in [4.69, 9.17) is 0 Å². The zero-order chi connectivity index (χ0) is 27.6. The fourth-order valence-electron chi connectivity index (χ4n) is 4.56. The molecule has 7 nitrogen and oxygen atoms in total. The van der Waals surface area contributed by atoms with Gasteiger partial charge in [-0.25, -0.2) is 8.78 Å². The topological polar surface area (TPSA) is 82.5 Å². The number of fused-ring (bicyclic) bond motifs is 1. The Bertz CT molecular complexity index is 1400. The van der Waals surface area contributed by atoms with Gasteiger partial charge in [-0.05, 0) is 61.1 Å². The summed E-state index contributed by atoms with van der Waals surface area (Å²) in [6.07, 6.45) is 0.388. The third-order valence-electron chi connectivity index (χ3n) is 7.25. The highest BCUT2D eigenvalue weighted by Gasteiger charge is 2.28. The number of aromatic amines is 1. The molecule has 3 aromatic rings. The molecule has 1 aliphatic rings. The van der Waals surface area contributed by atoms with Crippen molar-refractivity contribution in [2.75, 3.05) is 6.54 Å². The van der Waals surface area contributed by atoms with Gasteiger partial charge in [0.05, 0.1) is 26.8 Å². The Morgan fingerprint density at radius 3 is 2.71 bits per heavy atom. The molecule has 38 heavy (non-hydrogen) atoms. The van der Waals surface area contributed by atoms with Crippen LogP contribution in [0.3, 0.4) is 0 Å². The monoisotopic (exact) mass is 543 g/mol. The van der Waals surface area contributed by atoms with Gasteiger partial charge in [0.2, 0.25) is 11.5 Å². The van der Waals surface area contributed by atoms with Crippen LogP contribution in [0, 0.1) is 5.41 Å². The van der Waals surface area contributed by atoms with Gasteiger partial charge in [-0.3, -0.25) is 9.59 Å². The zero-order valence-electron chi connectivity index (χ0n) is 22.3. The number of thiophene rings is 1. The Balaban J connectivity index is 1.71. The number of amides is 2. The second-order valence-electron chi connectivity index (χ2n) is 10.8. The molecular weight excluding hydrogens is 508 g/mol. The Hall–Kier alpha value is -3.11. The number of hydrogen-bond acceptors (Lipinski definition) is 4. The molecular formula is C28H35F2N5O2S. The van der Waals surface area contributed by atoms with Crippen LogP contribution in [-0.4, -0.2) is 44.9 Å². The predicted octanol–water partition coefficient (Wildman–Crippen LogP) is 5.41. The van der Waals surface area contributed by atoms with Crippen molar-refractivity contribution in [3.8, 4) is 0 Å². The molecule has 0 radical (unpaired) electrons. The van der Waals surface area contributed by atoms with Crippen molar-refractivity contribution >= 4 is 34.2 Å². The number of imidazole rings is 1. The summed E-state index contributed by atoms with van der Waals surface area (Å²) in [4.78, 5) is 34.7. The molecule has 1 fully saturated rings. The Kier molecular flexibility index (Phi) is 8.32. The number of nitrogens with one attached hydrogen (secondary N) is 2. The number of halogens is 2. The van der Waals surface area contributed by atoms with Gasteiger partial charge in [0, 0.05) is 25.7 Å². The van der Waals surface area contributed by atoms with Crippen LogP contribution in [0.5, 0.6) is 0 Å². The van der Waals surface area contributed by atoms with Crippen molar-refractivity contribution in [1.29, 1.82) is 0 Å². The first-order chi connectivity index (χ1) is 18.0. The molecule has 0 bridgehead atoms. The Morgan fingerprint density at radius 1 is 1.29 bits per heavy atom. The highest BCUT2D eigenvalue weighted by Crippen LogP contribution is 2.27. The van der Waals surface area contributed by atoms with Crippen LogP contribution in [0.1, 0.15) is 67.1 Å². The first kappa shape index (κ1) is 27.9. The fraction of sp³-hybridized carbons (Fsp3) is 0.464. The minimum Gasteiger partial charge on any atom is -0.334 e. The van der Waals surface area contributed by atoms with Gasteiger partial charge in [-0.1, -0.05) is 33.4 Å². The molecule has 2 aromatic heterocycles. The van der Waals surface area contributed by atoms with Crippen LogP contribution in [0.15, 0.2) is 48.0 Å². The summed E-state index contributed by atoms with van der Waals surface area (Å²) in [6, 6.07) is 8.92. The van der Waals surface area contributed by atoms with Crippen LogP contribution in [-0.2, 0) is 17.9 Å². The number of carbonyl (C=O) groups excluding carboxylic acids is 2. The predicted molar refractivity (Wildman–Crippen MR) is 146 cm³/mol. The second kappa shape index (κ2) is 11.3. The maximum absolute atomic E-state index is 13.1. The van der Waals surface area contributed by atoms with Crippen molar-refractivity contribution in [3.05, 3.63) is 63.9 Å².